The minimum Gasteiger partial charge on any atom is -0.493 e. The predicted molar refractivity (Wildman–Crippen MR) is 92.9 cm³/mol. The SMILES string of the molecule is CNC(=O)[C@H]1CCCCN1C(=O)c1nn(-c2ccccc2)cc1OC. The molecule has 1 aliphatic heterocycles. The quantitative estimate of drug-likeness (QED) is 0.916. The number of amides is 2. The monoisotopic (exact) mass is 342 g/mol. The molecule has 7 heteroatoms. The Hall–Kier alpha value is -2.83. The second-order valence-corrected chi connectivity index (χ2v) is 5.95. The lowest BCUT2D eigenvalue weighted by molar-refractivity contribution is -0.126. The van der Waals surface area contributed by atoms with Crippen molar-refractivity contribution in [2.75, 3.05) is 20.7 Å². The van der Waals surface area contributed by atoms with Crippen LogP contribution in [0.2, 0.25) is 0 Å². The number of hydrogen-bond donors (Lipinski definition) is 1. The first kappa shape index (κ1) is 17.0. The molecule has 1 fully saturated rings. The lowest BCUT2D eigenvalue weighted by Crippen LogP contribution is -2.51. The molecule has 1 atom stereocenters. The first-order valence-corrected chi connectivity index (χ1v) is 8.37. The molecule has 1 aromatic heterocycles. The van der Waals surface area contributed by atoms with Crippen LogP contribution in [-0.2, 0) is 4.79 Å². The normalized spacial score (nSPS) is 17.2. The van der Waals surface area contributed by atoms with Gasteiger partial charge in [0.15, 0.2) is 11.4 Å². The summed E-state index contributed by atoms with van der Waals surface area (Å²) in [4.78, 5) is 26.8. The van der Waals surface area contributed by atoms with Crippen LogP contribution in [0, 0.1) is 0 Å². The molecule has 1 N–H and O–H groups in total. The van der Waals surface area contributed by atoms with E-state index in [1.807, 2.05) is 30.3 Å². The topological polar surface area (TPSA) is 76.5 Å². The Morgan fingerprint density at radius 1 is 1.24 bits per heavy atom. The molecule has 1 saturated heterocycles. The Morgan fingerprint density at radius 2 is 2.00 bits per heavy atom. The van der Waals surface area contributed by atoms with Gasteiger partial charge in [0.25, 0.3) is 5.91 Å². The van der Waals surface area contributed by atoms with Gasteiger partial charge in [-0.25, -0.2) is 4.68 Å². The van der Waals surface area contributed by atoms with Crippen LogP contribution in [0.25, 0.3) is 5.69 Å². The molecule has 1 aromatic carbocycles. The van der Waals surface area contributed by atoms with Crippen molar-refractivity contribution in [1.82, 2.24) is 20.0 Å². The number of piperidine rings is 1. The van der Waals surface area contributed by atoms with E-state index in [0.29, 0.717) is 18.7 Å². The molecule has 2 aromatic rings. The fourth-order valence-electron chi connectivity index (χ4n) is 3.12. The average molecular weight is 342 g/mol. The van der Waals surface area contributed by atoms with Gasteiger partial charge in [-0.3, -0.25) is 9.59 Å². The highest BCUT2D eigenvalue weighted by Gasteiger charge is 2.34. The maximum atomic E-state index is 13.0. The summed E-state index contributed by atoms with van der Waals surface area (Å²) in [6.45, 7) is 0.540. The number of likely N-dealkylation sites (tertiary alicyclic amines) is 1. The largest absolute Gasteiger partial charge is 0.493 e. The van der Waals surface area contributed by atoms with Crippen molar-refractivity contribution >= 4 is 11.8 Å². The Labute approximate surface area is 146 Å². The van der Waals surface area contributed by atoms with Crippen LogP contribution in [0.3, 0.4) is 0 Å². The van der Waals surface area contributed by atoms with E-state index in [0.717, 1.165) is 18.5 Å². The van der Waals surface area contributed by atoms with Crippen LogP contribution in [0.5, 0.6) is 5.75 Å². The standard InChI is InChI=1S/C18H22N4O3/c1-19-17(23)14-10-6-7-11-21(14)18(24)16-15(25-2)12-22(20-16)13-8-4-3-5-9-13/h3-5,8-9,12,14H,6-7,10-11H2,1-2H3,(H,19,23)/t14-/m1/s1. The molecule has 2 heterocycles. The molecule has 132 valence electrons. The predicted octanol–water partition coefficient (Wildman–Crippen LogP) is 1.62. The van der Waals surface area contributed by atoms with E-state index in [2.05, 4.69) is 10.4 Å². The van der Waals surface area contributed by atoms with Crippen LogP contribution in [0.4, 0.5) is 0 Å². The van der Waals surface area contributed by atoms with Crippen molar-refractivity contribution in [2.45, 2.75) is 25.3 Å². The van der Waals surface area contributed by atoms with Gasteiger partial charge in [-0.1, -0.05) is 18.2 Å². The van der Waals surface area contributed by atoms with Gasteiger partial charge in [-0.15, -0.1) is 0 Å². The fourth-order valence-corrected chi connectivity index (χ4v) is 3.12. The number of rotatable bonds is 4. The van der Waals surface area contributed by atoms with Crippen LogP contribution in [0.15, 0.2) is 36.5 Å². The number of nitrogens with one attached hydrogen (secondary N) is 1. The summed E-state index contributed by atoms with van der Waals surface area (Å²) in [6.07, 6.45) is 4.15. The van der Waals surface area contributed by atoms with E-state index in [-0.39, 0.29) is 17.5 Å². The Balaban J connectivity index is 1.93. The number of carbonyl (C=O) groups is 2. The molecular weight excluding hydrogens is 320 g/mol. The molecule has 0 bridgehead atoms. The Bertz CT molecular complexity index is 757. The highest BCUT2D eigenvalue weighted by Crippen LogP contribution is 2.25. The number of hydrogen-bond acceptors (Lipinski definition) is 4. The van der Waals surface area contributed by atoms with E-state index in [9.17, 15) is 9.59 Å². The average Bonchev–Trinajstić information content (AvgIpc) is 3.12. The van der Waals surface area contributed by atoms with Gasteiger partial charge in [0.2, 0.25) is 5.91 Å². The summed E-state index contributed by atoms with van der Waals surface area (Å²) in [5.41, 5.74) is 1.06. The fraction of sp³-hybridized carbons (Fsp3) is 0.389. The third-order valence-corrected chi connectivity index (χ3v) is 4.44. The number of ether oxygens (including phenoxy) is 1. The smallest absolute Gasteiger partial charge is 0.278 e. The van der Waals surface area contributed by atoms with Crippen LogP contribution in [-0.4, -0.2) is 53.2 Å². The second kappa shape index (κ2) is 7.38. The molecule has 0 radical (unpaired) electrons. The van der Waals surface area contributed by atoms with Crippen molar-refractivity contribution < 1.29 is 14.3 Å². The van der Waals surface area contributed by atoms with Gasteiger partial charge in [0.1, 0.15) is 6.04 Å². The molecule has 0 unspecified atom stereocenters. The zero-order chi connectivity index (χ0) is 17.8. The Kier molecular flexibility index (Phi) is 5.02. The van der Waals surface area contributed by atoms with Gasteiger partial charge in [-0.2, -0.15) is 5.10 Å². The lowest BCUT2D eigenvalue weighted by Gasteiger charge is -2.34. The summed E-state index contributed by atoms with van der Waals surface area (Å²) < 4.78 is 6.97. The first-order valence-electron chi connectivity index (χ1n) is 8.37. The maximum absolute atomic E-state index is 13.0. The van der Waals surface area contributed by atoms with Gasteiger partial charge in [0, 0.05) is 13.6 Å². The van der Waals surface area contributed by atoms with Crippen molar-refractivity contribution in [2.24, 2.45) is 0 Å². The van der Waals surface area contributed by atoms with Crippen LogP contribution >= 0.6 is 0 Å². The van der Waals surface area contributed by atoms with Gasteiger partial charge < -0.3 is 15.0 Å². The summed E-state index contributed by atoms with van der Waals surface area (Å²) in [5, 5.41) is 7.06. The van der Waals surface area contributed by atoms with Crippen LogP contribution in [0.1, 0.15) is 29.8 Å². The zero-order valence-electron chi connectivity index (χ0n) is 14.4. The number of para-hydroxylation sites is 1. The summed E-state index contributed by atoms with van der Waals surface area (Å²) in [6, 6.07) is 9.05. The molecule has 0 aliphatic carbocycles. The van der Waals surface area contributed by atoms with Crippen LogP contribution < -0.4 is 10.1 Å². The van der Waals surface area contributed by atoms with E-state index in [1.54, 1.807) is 22.8 Å². The van der Waals surface area contributed by atoms with Crippen molar-refractivity contribution in [3.63, 3.8) is 0 Å². The summed E-state index contributed by atoms with van der Waals surface area (Å²) in [5.74, 6) is -0.0237. The zero-order valence-corrected chi connectivity index (χ0v) is 14.4. The highest BCUT2D eigenvalue weighted by molar-refractivity contribution is 5.98. The number of methoxy groups -OCH3 is 1. The molecule has 1 aliphatic rings. The number of nitrogens with zero attached hydrogens (tertiary/aromatic N) is 3. The van der Waals surface area contributed by atoms with Gasteiger partial charge >= 0.3 is 0 Å². The minimum atomic E-state index is -0.460. The van der Waals surface area contributed by atoms with Gasteiger partial charge in [0.05, 0.1) is 19.0 Å². The number of aromatic nitrogens is 2. The molecule has 7 nitrogen and oxygen atoms in total. The van der Waals surface area contributed by atoms with E-state index < -0.39 is 6.04 Å². The molecule has 3 rings (SSSR count). The number of carbonyl (C=O) groups excluding carboxylic acids is 2. The van der Waals surface area contributed by atoms with Gasteiger partial charge in [-0.05, 0) is 31.4 Å². The second-order valence-electron chi connectivity index (χ2n) is 5.95. The van der Waals surface area contributed by atoms with Crippen molar-refractivity contribution in [1.29, 1.82) is 0 Å². The van der Waals surface area contributed by atoms with E-state index >= 15 is 0 Å². The third kappa shape index (κ3) is 3.35. The molecule has 25 heavy (non-hydrogen) atoms. The Morgan fingerprint density at radius 3 is 2.68 bits per heavy atom. The first-order chi connectivity index (χ1) is 12.2. The van der Waals surface area contributed by atoms with Crippen molar-refractivity contribution in [3.8, 4) is 11.4 Å². The number of benzene rings is 1. The van der Waals surface area contributed by atoms with E-state index in [4.69, 9.17) is 4.74 Å². The molecule has 0 saturated carbocycles. The highest BCUT2D eigenvalue weighted by atomic mass is 16.5. The lowest BCUT2D eigenvalue weighted by atomic mass is 10.0. The molecule has 2 amide bonds. The van der Waals surface area contributed by atoms with Crippen molar-refractivity contribution in [3.05, 3.63) is 42.2 Å². The molecular formula is C18H22N4O3. The summed E-state index contributed by atoms with van der Waals surface area (Å²) >= 11 is 0. The maximum Gasteiger partial charge on any atom is 0.278 e. The minimum absolute atomic E-state index is 0.144. The van der Waals surface area contributed by atoms with E-state index in [1.165, 1.54) is 7.11 Å². The third-order valence-electron chi connectivity index (χ3n) is 4.44. The number of likely N-dealkylation sites (N-methyl/N-ethyl adjacent to an activating group) is 1. The summed E-state index contributed by atoms with van der Waals surface area (Å²) in [7, 11) is 3.10. The molecule has 0 spiro atoms.